The Balaban J connectivity index is 1.35. The van der Waals surface area contributed by atoms with Crippen LogP contribution in [0.2, 0.25) is 0 Å². The van der Waals surface area contributed by atoms with Crippen molar-refractivity contribution in [2.45, 2.75) is 0 Å². The van der Waals surface area contributed by atoms with E-state index < -0.39 is 0 Å². The summed E-state index contributed by atoms with van der Waals surface area (Å²) in [5, 5.41) is 6.93. The fourth-order valence-corrected chi connectivity index (χ4v) is 6.65. The monoisotopic (exact) mass is 588 g/mol. The van der Waals surface area contributed by atoms with Crippen LogP contribution >= 0.6 is 0 Å². The van der Waals surface area contributed by atoms with Crippen molar-refractivity contribution in [3.05, 3.63) is 170 Å². The fraction of sp³-hybridized carbons (Fsp3) is 0. The van der Waals surface area contributed by atoms with E-state index in [4.69, 9.17) is 9.40 Å². The molecule has 0 radical (unpaired) electrons. The second kappa shape index (κ2) is 10.8. The van der Waals surface area contributed by atoms with Gasteiger partial charge in [-0.05, 0) is 105 Å². The Hall–Kier alpha value is -6.19. The molecular weight excluding hydrogens is 560 g/mol. The van der Waals surface area contributed by atoms with Gasteiger partial charge in [-0.15, -0.1) is 0 Å². The van der Waals surface area contributed by atoms with Crippen LogP contribution in [0, 0.1) is 0 Å². The third-order valence-corrected chi connectivity index (χ3v) is 8.82. The second-order valence-electron chi connectivity index (χ2n) is 11.6. The Morgan fingerprint density at radius 3 is 1.83 bits per heavy atom. The van der Waals surface area contributed by atoms with E-state index in [9.17, 15) is 0 Å². The predicted octanol–water partition coefficient (Wildman–Crippen LogP) is 12.1. The van der Waals surface area contributed by atoms with Crippen LogP contribution in [0.1, 0.15) is 0 Å². The molecule has 0 amide bonds. The molecule has 0 N–H and O–H groups in total. The van der Waals surface area contributed by atoms with Crippen molar-refractivity contribution >= 4 is 60.5 Å². The summed E-state index contributed by atoms with van der Waals surface area (Å²) in [6, 6.07) is 59.9. The van der Waals surface area contributed by atoms with E-state index in [1.54, 1.807) is 0 Å². The van der Waals surface area contributed by atoms with E-state index in [2.05, 4.69) is 144 Å². The SMILES string of the molecule is c1ccc(-c2nc3ccc4cc(-c5ccc6ccccc6c5)c5cc(N(c6ccccc6)c6ccccc6)ccc5c4c3o2)cc1. The van der Waals surface area contributed by atoms with E-state index in [0.29, 0.717) is 5.89 Å². The first kappa shape index (κ1) is 26.2. The molecule has 0 unspecified atom stereocenters. The van der Waals surface area contributed by atoms with Crippen LogP contribution < -0.4 is 4.90 Å². The molecule has 0 bridgehead atoms. The number of rotatable bonds is 5. The molecule has 3 nitrogen and oxygen atoms in total. The topological polar surface area (TPSA) is 29.3 Å². The molecule has 0 saturated carbocycles. The van der Waals surface area contributed by atoms with Crippen LogP contribution in [-0.2, 0) is 0 Å². The molecule has 9 rings (SSSR count). The van der Waals surface area contributed by atoms with E-state index in [1.165, 1.54) is 21.9 Å². The van der Waals surface area contributed by atoms with Crippen LogP contribution in [0.5, 0.6) is 0 Å². The van der Waals surface area contributed by atoms with Gasteiger partial charge in [0.25, 0.3) is 0 Å². The molecule has 0 fully saturated rings. The van der Waals surface area contributed by atoms with Gasteiger partial charge >= 0.3 is 0 Å². The Morgan fingerprint density at radius 2 is 1.09 bits per heavy atom. The molecule has 216 valence electrons. The van der Waals surface area contributed by atoms with Crippen LogP contribution in [0.4, 0.5) is 17.1 Å². The molecule has 0 aliphatic carbocycles. The quantitative estimate of drug-likeness (QED) is 0.187. The zero-order valence-corrected chi connectivity index (χ0v) is 25.0. The molecule has 1 heterocycles. The Labute approximate surface area is 266 Å². The maximum absolute atomic E-state index is 6.57. The largest absolute Gasteiger partial charge is 0.435 e. The highest BCUT2D eigenvalue weighted by Crippen LogP contribution is 2.43. The highest BCUT2D eigenvalue weighted by Gasteiger charge is 2.19. The third-order valence-electron chi connectivity index (χ3n) is 8.82. The lowest BCUT2D eigenvalue weighted by Crippen LogP contribution is -2.09. The molecule has 3 heteroatoms. The Morgan fingerprint density at radius 1 is 0.435 bits per heavy atom. The summed E-state index contributed by atoms with van der Waals surface area (Å²) in [4.78, 5) is 7.22. The van der Waals surface area contributed by atoms with Crippen molar-refractivity contribution in [2.75, 3.05) is 4.90 Å². The average Bonchev–Trinajstić information content (AvgIpc) is 3.57. The van der Waals surface area contributed by atoms with Crippen LogP contribution in [-0.4, -0.2) is 4.98 Å². The number of benzene rings is 8. The van der Waals surface area contributed by atoms with E-state index in [1.807, 2.05) is 30.3 Å². The lowest BCUT2D eigenvalue weighted by Gasteiger charge is -2.26. The van der Waals surface area contributed by atoms with Crippen molar-refractivity contribution in [3.8, 4) is 22.6 Å². The maximum atomic E-state index is 6.57. The van der Waals surface area contributed by atoms with Crippen molar-refractivity contribution in [1.82, 2.24) is 4.98 Å². The van der Waals surface area contributed by atoms with Gasteiger partial charge in [-0.3, -0.25) is 0 Å². The van der Waals surface area contributed by atoms with Gasteiger partial charge in [-0.2, -0.15) is 0 Å². The van der Waals surface area contributed by atoms with E-state index in [0.717, 1.165) is 55.3 Å². The zero-order valence-electron chi connectivity index (χ0n) is 25.0. The number of para-hydroxylation sites is 2. The van der Waals surface area contributed by atoms with Gasteiger partial charge in [0.05, 0.1) is 0 Å². The minimum Gasteiger partial charge on any atom is -0.435 e. The van der Waals surface area contributed by atoms with Gasteiger partial charge in [0.15, 0.2) is 5.58 Å². The lowest BCUT2D eigenvalue weighted by atomic mass is 9.91. The zero-order chi connectivity index (χ0) is 30.5. The second-order valence-corrected chi connectivity index (χ2v) is 11.6. The molecule has 0 atom stereocenters. The fourth-order valence-electron chi connectivity index (χ4n) is 6.65. The molecule has 0 aliphatic heterocycles. The molecule has 0 spiro atoms. The standard InChI is InChI=1S/C43H28N2O/c1-4-13-30(14-5-1)43-44-40-25-22-33-27-38(32-21-20-29-12-10-11-15-31(29)26-32)39-28-36(23-24-37(39)41(33)42(40)46-43)45(34-16-6-2-7-17-34)35-18-8-3-9-19-35/h1-28H. The molecule has 8 aromatic carbocycles. The number of nitrogens with zero attached hydrogens (tertiary/aromatic N) is 2. The number of aromatic nitrogens is 1. The van der Waals surface area contributed by atoms with Gasteiger partial charge in [-0.1, -0.05) is 103 Å². The first-order chi connectivity index (χ1) is 22.8. The summed E-state index contributed by atoms with van der Waals surface area (Å²) in [5.74, 6) is 0.630. The highest BCUT2D eigenvalue weighted by atomic mass is 16.3. The average molecular weight is 589 g/mol. The lowest BCUT2D eigenvalue weighted by molar-refractivity contribution is 0.623. The summed E-state index contributed by atoms with van der Waals surface area (Å²) >= 11 is 0. The molecule has 1 aromatic heterocycles. The van der Waals surface area contributed by atoms with E-state index >= 15 is 0 Å². The molecular formula is C43H28N2O. The number of hydrogen-bond donors (Lipinski definition) is 0. The molecule has 9 aromatic rings. The predicted molar refractivity (Wildman–Crippen MR) is 192 cm³/mol. The summed E-state index contributed by atoms with van der Waals surface area (Å²) < 4.78 is 6.57. The first-order valence-corrected chi connectivity index (χ1v) is 15.5. The van der Waals surface area contributed by atoms with Crippen molar-refractivity contribution in [1.29, 1.82) is 0 Å². The van der Waals surface area contributed by atoms with Gasteiger partial charge in [0.2, 0.25) is 5.89 Å². The number of oxazole rings is 1. The summed E-state index contributed by atoms with van der Waals surface area (Å²) in [6.45, 7) is 0. The first-order valence-electron chi connectivity index (χ1n) is 15.5. The van der Waals surface area contributed by atoms with Gasteiger partial charge < -0.3 is 9.32 Å². The maximum Gasteiger partial charge on any atom is 0.227 e. The third kappa shape index (κ3) is 4.41. The van der Waals surface area contributed by atoms with Crippen LogP contribution in [0.25, 0.3) is 66.0 Å². The van der Waals surface area contributed by atoms with Gasteiger partial charge in [-0.25, -0.2) is 4.98 Å². The summed E-state index contributed by atoms with van der Waals surface area (Å²) in [6.07, 6.45) is 0. The normalized spacial score (nSPS) is 11.5. The minimum atomic E-state index is 0.630. The van der Waals surface area contributed by atoms with Crippen molar-refractivity contribution < 1.29 is 4.42 Å². The Kier molecular flexibility index (Phi) is 6.14. The number of fused-ring (bicyclic) bond motifs is 6. The van der Waals surface area contributed by atoms with E-state index in [-0.39, 0.29) is 0 Å². The number of anilines is 3. The highest BCUT2D eigenvalue weighted by molar-refractivity contribution is 6.22. The summed E-state index contributed by atoms with van der Waals surface area (Å²) in [7, 11) is 0. The number of hydrogen-bond acceptors (Lipinski definition) is 3. The summed E-state index contributed by atoms with van der Waals surface area (Å²) in [5.41, 5.74) is 8.27. The van der Waals surface area contributed by atoms with Crippen molar-refractivity contribution in [2.24, 2.45) is 0 Å². The van der Waals surface area contributed by atoms with Crippen molar-refractivity contribution in [3.63, 3.8) is 0 Å². The molecule has 46 heavy (non-hydrogen) atoms. The van der Waals surface area contributed by atoms with Crippen LogP contribution in [0.15, 0.2) is 174 Å². The van der Waals surface area contributed by atoms with Gasteiger partial charge in [0, 0.05) is 28.0 Å². The minimum absolute atomic E-state index is 0.630. The Bertz CT molecular complexity index is 2480. The van der Waals surface area contributed by atoms with Crippen LogP contribution in [0.3, 0.4) is 0 Å². The smallest absolute Gasteiger partial charge is 0.227 e. The molecule has 0 aliphatic rings. The van der Waals surface area contributed by atoms with Gasteiger partial charge in [0.1, 0.15) is 5.52 Å². The molecule has 0 saturated heterocycles.